The standard InChI is InChI=1S/C21H15ClN4O2S/c1-28-21(27)17-10-11-19(26-25-17)23-16-8-4-13(5-9-16)18-12-29-20(24-18)14-2-6-15(22)7-3-14/h2-12H,1H3,(H,23,26). The van der Waals surface area contributed by atoms with Crippen molar-refractivity contribution in [3.05, 3.63) is 76.8 Å². The smallest absolute Gasteiger partial charge is 0.358 e. The topological polar surface area (TPSA) is 77.0 Å². The van der Waals surface area contributed by atoms with Crippen molar-refractivity contribution in [3.63, 3.8) is 0 Å². The van der Waals surface area contributed by atoms with E-state index in [9.17, 15) is 4.79 Å². The summed E-state index contributed by atoms with van der Waals surface area (Å²) in [4.78, 5) is 16.1. The van der Waals surface area contributed by atoms with Gasteiger partial charge in [0.25, 0.3) is 0 Å². The number of carbonyl (C=O) groups excluding carboxylic acids is 1. The first kappa shape index (κ1) is 19.0. The zero-order valence-corrected chi connectivity index (χ0v) is 16.9. The summed E-state index contributed by atoms with van der Waals surface area (Å²) in [6.07, 6.45) is 0. The molecule has 0 saturated carbocycles. The molecule has 2 heterocycles. The molecular formula is C21H15ClN4O2S. The van der Waals surface area contributed by atoms with Crippen LogP contribution in [0.4, 0.5) is 11.5 Å². The van der Waals surface area contributed by atoms with E-state index in [0.29, 0.717) is 10.8 Å². The number of thiazole rings is 1. The number of benzene rings is 2. The van der Waals surface area contributed by atoms with Gasteiger partial charge in [-0.05, 0) is 36.4 Å². The van der Waals surface area contributed by atoms with Crippen LogP contribution in [0.1, 0.15) is 10.5 Å². The lowest BCUT2D eigenvalue weighted by molar-refractivity contribution is 0.0593. The quantitative estimate of drug-likeness (QED) is 0.431. The Kier molecular flexibility index (Phi) is 5.50. The van der Waals surface area contributed by atoms with Crippen LogP contribution in [0, 0.1) is 0 Å². The van der Waals surface area contributed by atoms with Crippen LogP contribution in [0.2, 0.25) is 5.02 Å². The van der Waals surface area contributed by atoms with E-state index in [-0.39, 0.29) is 5.69 Å². The van der Waals surface area contributed by atoms with Crippen molar-refractivity contribution in [1.82, 2.24) is 15.2 Å². The molecule has 8 heteroatoms. The number of hydrogen-bond donors (Lipinski definition) is 1. The maximum absolute atomic E-state index is 11.4. The van der Waals surface area contributed by atoms with Gasteiger partial charge in [0.15, 0.2) is 11.5 Å². The Morgan fingerprint density at radius 1 is 0.966 bits per heavy atom. The SMILES string of the molecule is COC(=O)c1ccc(Nc2ccc(-c3csc(-c4ccc(Cl)cc4)n3)cc2)nn1. The highest BCUT2D eigenvalue weighted by Gasteiger charge is 2.09. The summed E-state index contributed by atoms with van der Waals surface area (Å²) in [6.45, 7) is 0. The molecule has 0 fully saturated rings. The van der Waals surface area contributed by atoms with E-state index < -0.39 is 5.97 Å². The second kappa shape index (κ2) is 8.38. The lowest BCUT2D eigenvalue weighted by Crippen LogP contribution is -2.06. The largest absolute Gasteiger partial charge is 0.464 e. The second-order valence-corrected chi connectivity index (χ2v) is 7.34. The molecule has 0 aliphatic carbocycles. The van der Waals surface area contributed by atoms with Gasteiger partial charge in [-0.3, -0.25) is 0 Å². The minimum Gasteiger partial charge on any atom is -0.464 e. The molecule has 29 heavy (non-hydrogen) atoms. The maximum Gasteiger partial charge on any atom is 0.358 e. The van der Waals surface area contributed by atoms with Gasteiger partial charge in [-0.1, -0.05) is 35.9 Å². The summed E-state index contributed by atoms with van der Waals surface area (Å²) in [7, 11) is 1.30. The number of carbonyl (C=O) groups is 1. The first-order valence-electron chi connectivity index (χ1n) is 8.63. The molecule has 0 aliphatic heterocycles. The van der Waals surface area contributed by atoms with Crippen molar-refractivity contribution in [1.29, 1.82) is 0 Å². The van der Waals surface area contributed by atoms with Crippen LogP contribution in [0.3, 0.4) is 0 Å². The first-order chi connectivity index (χ1) is 14.1. The molecule has 0 radical (unpaired) electrons. The van der Waals surface area contributed by atoms with Gasteiger partial charge in [0.2, 0.25) is 0 Å². The predicted octanol–water partition coefficient (Wildman–Crippen LogP) is 5.45. The van der Waals surface area contributed by atoms with Gasteiger partial charge in [-0.15, -0.1) is 21.5 Å². The Morgan fingerprint density at radius 2 is 1.69 bits per heavy atom. The zero-order valence-electron chi connectivity index (χ0n) is 15.3. The van der Waals surface area contributed by atoms with Crippen LogP contribution in [0.25, 0.3) is 21.8 Å². The monoisotopic (exact) mass is 422 g/mol. The summed E-state index contributed by atoms with van der Waals surface area (Å²) < 4.78 is 4.61. The highest BCUT2D eigenvalue weighted by molar-refractivity contribution is 7.13. The van der Waals surface area contributed by atoms with E-state index in [0.717, 1.165) is 27.5 Å². The number of ether oxygens (including phenoxy) is 1. The number of esters is 1. The molecule has 6 nitrogen and oxygen atoms in total. The van der Waals surface area contributed by atoms with Crippen molar-refractivity contribution in [2.45, 2.75) is 0 Å². The Bertz CT molecular complexity index is 1130. The highest BCUT2D eigenvalue weighted by atomic mass is 35.5. The van der Waals surface area contributed by atoms with E-state index in [1.54, 1.807) is 23.5 Å². The Balaban J connectivity index is 1.47. The van der Waals surface area contributed by atoms with Crippen molar-refractivity contribution in [2.24, 2.45) is 0 Å². The molecule has 4 rings (SSSR count). The first-order valence-corrected chi connectivity index (χ1v) is 9.89. The third-order valence-electron chi connectivity index (χ3n) is 4.11. The lowest BCUT2D eigenvalue weighted by atomic mass is 10.1. The van der Waals surface area contributed by atoms with E-state index in [4.69, 9.17) is 16.6 Å². The average Bonchev–Trinajstić information content (AvgIpc) is 3.25. The van der Waals surface area contributed by atoms with Gasteiger partial charge < -0.3 is 10.1 Å². The fraction of sp³-hybridized carbons (Fsp3) is 0.0476. The van der Waals surface area contributed by atoms with Gasteiger partial charge in [-0.2, -0.15) is 0 Å². The molecular weight excluding hydrogens is 408 g/mol. The van der Waals surface area contributed by atoms with E-state index in [1.165, 1.54) is 7.11 Å². The normalized spacial score (nSPS) is 10.6. The number of aromatic nitrogens is 3. The van der Waals surface area contributed by atoms with Gasteiger partial charge in [0, 0.05) is 27.2 Å². The third kappa shape index (κ3) is 4.42. The molecule has 4 aromatic rings. The molecule has 0 atom stereocenters. The maximum atomic E-state index is 11.4. The van der Waals surface area contributed by atoms with Crippen LogP contribution in [-0.4, -0.2) is 28.3 Å². The summed E-state index contributed by atoms with van der Waals surface area (Å²) >= 11 is 7.54. The van der Waals surface area contributed by atoms with Crippen LogP contribution in [-0.2, 0) is 4.74 Å². The van der Waals surface area contributed by atoms with Gasteiger partial charge in [0.1, 0.15) is 5.01 Å². The molecule has 1 N–H and O–H groups in total. The van der Waals surface area contributed by atoms with E-state index in [1.807, 2.05) is 53.9 Å². The molecule has 0 aliphatic rings. The van der Waals surface area contributed by atoms with Crippen LogP contribution < -0.4 is 5.32 Å². The van der Waals surface area contributed by atoms with E-state index >= 15 is 0 Å². The number of nitrogens with zero attached hydrogens (tertiary/aromatic N) is 3. The fourth-order valence-electron chi connectivity index (χ4n) is 2.62. The molecule has 2 aromatic heterocycles. The molecule has 0 saturated heterocycles. The van der Waals surface area contributed by atoms with Gasteiger partial charge in [-0.25, -0.2) is 9.78 Å². The van der Waals surface area contributed by atoms with E-state index in [2.05, 4.69) is 20.3 Å². The predicted molar refractivity (Wildman–Crippen MR) is 115 cm³/mol. The van der Waals surface area contributed by atoms with Crippen molar-refractivity contribution < 1.29 is 9.53 Å². The number of nitrogens with one attached hydrogen (secondary N) is 1. The Labute approximate surface area is 176 Å². The molecule has 0 unspecified atom stereocenters. The third-order valence-corrected chi connectivity index (χ3v) is 5.25. The number of anilines is 2. The minimum absolute atomic E-state index is 0.161. The van der Waals surface area contributed by atoms with Crippen molar-refractivity contribution >= 4 is 40.4 Å². The Hall–Kier alpha value is -3.29. The number of methoxy groups -OCH3 is 1. The number of halogens is 1. The second-order valence-electron chi connectivity index (χ2n) is 6.04. The molecule has 0 amide bonds. The van der Waals surface area contributed by atoms with Crippen molar-refractivity contribution in [2.75, 3.05) is 12.4 Å². The Morgan fingerprint density at radius 3 is 2.34 bits per heavy atom. The minimum atomic E-state index is -0.519. The van der Waals surface area contributed by atoms with Gasteiger partial charge >= 0.3 is 5.97 Å². The molecule has 0 bridgehead atoms. The lowest BCUT2D eigenvalue weighted by Gasteiger charge is -2.06. The number of hydrogen-bond acceptors (Lipinski definition) is 7. The molecule has 2 aromatic carbocycles. The summed E-state index contributed by atoms with van der Waals surface area (Å²) in [6, 6.07) is 18.7. The fourth-order valence-corrected chi connectivity index (χ4v) is 3.58. The van der Waals surface area contributed by atoms with Gasteiger partial charge in [0.05, 0.1) is 12.8 Å². The summed E-state index contributed by atoms with van der Waals surface area (Å²) in [5.41, 5.74) is 3.97. The summed E-state index contributed by atoms with van der Waals surface area (Å²) in [5.74, 6) is 0.0127. The zero-order chi connectivity index (χ0) is 20.2. The van der Waals surface area contributed by atoms with Crippen LogP contribution >= 0.6 is 22.9 Å². The molecule has 144 valence electrons. The van der Waals surface area contributed by atoms with Crippen LogP contribution in [0.5, 0.6) is 0 Å². The van der Waals surface area contributed by atoms with Crippen LogP contribution in [0.15, 0.2) is 66.0 Å². The average molecular weight is 423 g/mol. The van der Waals surface area contributed by atoms with Crippen molar-refractivity contribution in [3.8, 4) is 21.8 Å². The summed E-state index contributed by atoms with van der Waals surface area (Å²) in [5, 5.41) is 14.7. The number of rotatable bonds is 5. The molecule has 0 spiro atoms. The highest BCUT2D eigenvalue weighted by Crippen LogP contribution is 2.30.